The molecule has 2 aromatic rings. The normalized spacial score (nSPS) is 11.6. The summed E-state index contributed by atoms with van der Waals surface area (Å²) in [5, 5.41) is 0. The zero-order chi connectivity index (χ0) is 14.2. The van der Waals surface area contributed by atoms with Crippen LogP contribution in [0.1, 0.15) is 0 Å². The van der Waals surface area contributed by atoms with Crippen LogP contribution in [0.2, 0.25) is 0 Å². The third-order valence-electron chi connectivity index (χ3n) is 2.38. The maximum absolute atomic E-state index is 12.7. The lowest BCUT2D eigenvalue weighted by molar-refractivity contribution is 0.595. The summed E-state index contributed by atoms with van der Waals surface area (Å²) in [6, 6.07) is 10.1. The molecule has 0 atom stereocenters. The van der Waals surface area contributed by atoms with E-state index in [9.17, 15) is 8.42 Å². The van der Waals surface area contributed by atoms with Gasteiger partial charge in [0.2, 0.25) is 9.84 Å². The Morgan fingerprint density at radius 1 is 0.789 bits per heavy atom. The first-order valence-electron chi connectivity index (χ1n) is 4.98. The molecule has 19 heavy (non-hydrogen) atoms. The van der Waals surface area contributed by atoms with Gasteiger partial charge in [-0.1, -0.05) is 28.1 Å². The Balaban J connectivity index is 2.75. The van der Waals surface area contributed by atoms with Gasteiger partial charge in [-0.3, -0.25) is 0 Å². The SMILES string of the molecule is O=S(=O)(c1ccccc1Br)c1cc(Br)cc(Br)c1Br. The number of hydrogen-bond donors (Lipinski definition) is 0. The number of halogens is 4. The predicted molar refractivity (Wildman–Crippen MR) is 89.1 cm³/mol. The lowest BCUT2D eigenvalue weighted by atomic mass is 10.4. The summed E-state index contributed by atoms with van der Waals surface area (Å²) in [6.45, 7) is 0. The zero-order valence-electron chi connectivity index (χ0n) is 9.20. The molecular formula is C12H6Br4O2S. The smallest absolute Gasteiger partial charge is 0.208 e. The summed E-state index contributed by atoms with van der Waals surface area (Å²) in [7, 11) is -3.60. The van der Waals surface area contributed by atoms with Crippen molar-refractivity contribution >= 4 is 73.6 Å². The highest BCUT2D eigenvalue weighted by molar-refractivity contribution is 9.13. The van der Waals surface area contributed by atoms with Crippen molar-refractivity contribution in [2.45, 2.75) is 9.79 Å². The molecule has 0 spiro atoms. The molecule has 0 aliphatic heterocycles. The molecule has 2 rings (SSSR count). The molecule has 0 aromatic heterocycles. The van der Waals surface area contributed by atoms with Crippen molar-refractivity contribution in [3.63, 3.8) is 0 Å². The van der Waals surface area contributed by atoms with Gasteiger partial charge in [-0.2, -0.15) is 0 Å². The minimum atomic E-state index is -3.60. The molecule has 0 radical (unpaired) electrons. The molecule has 7 heteroatoms. The first-order chi connectivity index (χ1) is 8.84. The Hall–Kier alpha value is 0.310. The molecule has 0 bridgehead atoms. The first kappa shape index (κ1) is 15.7. The van der Waals surface area contributed by atoms with Crippen LogP contribution in [0.15, 0.2) is 64.1 Å². The van der Waals surface area contributed by atoms with Gasteiger partial charge in [-0.05, 0) is 72.1 Å². The minimum Gasteiger partial charge on any atom is -0.218 e. The van der Waals surface area contributed by atoms with Crippen LogP contribution in [0.5, 0.6) is 0 Å². The lowest BCUT2D eigenvalue weighted by Gasteiger charge is -2.10. The third kappa shape index (κ3) is 3.15. The molecule has 0 saturated carbocycles. The van der Waals surface area contributed by atoms with E-state index in [-0.39, 0.29) is 9.79 Å². The Morgan fingerprint density at radius 2 is 1.42 bits per heavy atom. The van der Waals surface area contributed by atoms with Gasteiger partial charge in [0.05, 0.1) is 14.3 Å². The van der Waals surface area contributed by atoms with E-state index in [0.29, 0.717) is 17.9 Å². The van der Waals surface area contributed by atoms with E-state index in [2.05, 4.69) is 63.7 Å². The topological polar surface area (TPSA) is 34.1 Å². The zero-order valence-corrected chi connectivity index (χ0v) is 16.4. The van der Waals surface area contributed by atoms with E-state index in [1.807, 2.05) is 0 Å². The van der Waals surface area contributed by atoms with Crippen LogP contribution >= 0.6 is 63.7 Å². The van der Waals surface area contributed by atoms with E-state index < -0.39 is 9.84 Å². The van der Waals surface area contributed by atoms with Crippen molar-refractivity contribution in [3.8, 4) is 0 Å². The van der Waals surface area contributed by atoms with Gasteiger partial charge in [0, 0.05) is 13.4 Å². The van der Waals surface area contributed by atoms with Crippen LogP contribution in [-0.4, -0.2) is 8.42 Å². The molecular weight excluding hydrogens is 528 g/mol. The van der Waals surface area contributed by atoms with Gasteiger partial charge < -0.3 is 0 Å². The maximum atomic E-state index is 12.7. The monoisotopic (exact) mass is 530 g/mol. The number of hydrogen-bond acceptors (Lipinski definition) is 2. The van der Waals surface area contributed by atoms with Crippen molar-refractivity contribution in [1.82, 2.24) is 0 Å². The quantitative estimate of drug-likeness (QED) is 0.473. The van der Waals surface area contributed by atoms with Gasteiger partial charge in [0.1, 0.15) is 0 Å². The van der Waals surface area contributed by atoms with E-state index in [0.717, 1.165) is 0 Å². The summed E-state index contributed by atoms with van der Waals surface area (Å²) < 4.78 is 27.8. The third-order valence-corrected chi connectivity index (χ3v) is 7.90. The van der Waals surface area contributed by atoms with E-state index in [4.69, 9.17) is 0 Å². The molecule has 0 fully saturated rings. The van der Waals surface area contributed by atoms with Gasteiger partial charge in [-0.15, -0.1) is 0 Å². The van der Waals surface area contributed by atoms with Crippen LogP contribution < -0.4 is 0 Å². The predicted octanol–water partition coefficient (Wildman–Crippen LogP) is 5.57. The van der Waals surface area contributed by atoms with Crippen molar-refractivity contribution in [1.29, 1.82) is 0 Å². The maximum Gasteiger partial charge on any atom is 0.208 e. The van der Waals surface area contributed by atoms with Crippen LogP contribution in [0.3, 0.4) is 0 Å². The average Bonchev–Trinajstić information content (AvgIpc) is 2.34. The lowest BCUT2D eigenvalue weighted by Crippen LogP contribution is -2.04. The van der Waals surface area contributed by atoms with Crippen LogP contribution in [0.4, 0.5) is 0 Å². The number of sulfone groups is 1. The van der Waals surface area contributed by atoms with Gasteiger partial charge in [0.15, 0.2) is 0 Å². The highest BCUT2D eigenvalue weighted by Crippen LogP contribution is 2.37. The Bertz CT molecular complexity index is 741. The standard InChI is InChI=1S/C12H6Br4O2S/c13-7-5-9(15)12(16)11(6-7)19(17,18)10-4-2-1-3-8(10)14/h1-6H. The summed E-state index contributed by atoms with van der Waals surface area (Å²) in [6.07, 6.45) is 0. The van der Waals surface area contributed by atoms with Crippen LogP contribution in [0.25, 0.3) is 0 Å². The highest BCUT2D eigenvalue weighted by atomic mass is 79.9. The van der Waals surface area contributed by atoms with E-state index in [1.165, 1.54) is 0 Å². The van der Waals surface area contributed by atoms with Crippen LogP contribution in [0, 0.1) is 0 Å². The molecule has 2 aromatic carbocycles. The number of benzene rings is 2. The fourth-order valence-corrected chi connectivity index (χ4v) is 6.26. The van der Waals surface area contributed by atoms with Crippen molar-refractivity contribution in [2.75, 3.05) is 0 Å². The second kappa shape index (κ2) is 5.97. The Kier molecular flexibility index (Phi) is 4.93. The Morgan fingerprint density at radius 3 is 2.05 bits per heavy atom. The molecule has 0 N–H and O–H groups in total. The van der Waals surface area contributed by atoms with Crippen molar-refractivity contribution < 1.29 is 8.42 Å². The summed E-state index contributed by atoms with van der Waals surface area (Å²) in [5.74, 6) is 0. The molecule has 100 valence electrons. The van der Waals surface area contributed by atoms with E-state index >= 15 is 0 Å². The molecule has 0 heterocycles. The largest absolute Gasteiger partial charge is 0.218 e. The molecule has 0 aliphatic carbocycles. The van der Waals surface area contributed by atoms with Gasteiger partial charge in [-0.25, -0.2) is 8.42 Å². The summed E-state index contributed by atoms with van der Waals surface area (Å²) >= 11 is 13.2. The molecule has 0 amide bonds. The van der Waals surface area contributed by atoms with Gasteiger partial charge in [0.25, 0.3) is 0 Å². The Labute approximate surface area is 145 Å². The van der Waals surface area contributed by atoms with Crippen molar-refractivity contribution in [2.24, 2.45) is 0 Å². The molecule has 2 nitrogen and oxygen atoms in total. The minimum absolute atomic E-state index is 0.209. The summed E-state index contributed by atoms with van der Waals surface area (Å²) in [5.41, 5.74) is 0. The molecule has 0 unspecified atom stereocenters. The van der Waals surface area contributed by atoms with Crippen LogP contribution in [-0.2, 0) is 9.84 Å². The average molecular weight is 534 g/mol. The molecule has 0 saturated heterocycles. The fourth-order valence-electron chi connectivity index (χ4n) is 1.51. The van der Waals surface area contributed by atoms with E-state index in [1.54, 1.807) is 36.4 Å². The highest BCUT2D eigenvalue weighted by Gasteiger charge is 2.24. The second-order valence-electron chi connectivity index (χ2n) is 3.63. The van der Waals surface area contributed by atoms with Gasteiger partial charge >= 0.3 is 0 Å². The second-order valence-corrected chi connectivity index (χ2v) is 8.94. The van der Waals surface area contributed by atoms with Crippen molar-refractivity contribution in [3.05, 3.63) is 54.3 Å². The first-order valence-corrected chi connectivity index (χ1v) is 9.63. The molecule has 0 aliphatic rings. The number of rotatable bonds is 2. The summed E-state index contributed by atoms with van der Waals surface area (Å²) in [4.78, 5) is 0.446. The fraction of sp³-hybridized carbons (Fsp3) is 0.